The zero-order valence-corrected chi connectivity index (χ0v) is 11.1. The van der Waals surface area contributed by atoms with Crippen LogP contribution in [0.3, 0.4) is 0 Å². The van der Waals surface area contributed by atoms with Gasteiger partial charge in [0.15, 0.2) is 5.82 Å². The number of likely N-dealkylation sites (N-methyl/N-ethyl adjacent to an activating group) is 2. The van der Waals surface area contributed by atoms with E-state index in [1.807, 2.05) is 13.8 Å². The fourth-order valence-corrected chi connectivity index (χ4v) is 1.57. The van der Waals surface area contributed by atoms with E-state index in [1.165, 1.54) is 6.20 Å². The fraction of sp³-hybridized carbons (Fsp3) is 0.545. The average Bonchev–Trinajstić information content (AvgIpc) is 2.40. The minimum absolute atomic E-state index is 0.0652. The van der Waals surface area contributed by atoms with Gasteiger partial charge in [-0.2, -0.15) is 0 Å². The SMILES string of the molecule is CCN(CC)C(=O)CN(C)c1cncc(NN)n1. The van der Waals surface area contributed by atoms with Crippen molar-refractivity contribution in [3.63, 3.8) is 0 Å². The molecule has 0 radical (unpaired) electrons. The smallest absolute Gasteiger partial charge is 0.242 e. The van der Waals surface area contributed by atoms with E-state index in [9.17, 15) is 4.79 Å². The maximum atomic E-state index is 11.9. The van der Waals surface area contributed by atoms with Gasteiger partial charge in [-0.05, 0) is 13.8 Å². The molecule has 100 valence electrons. The predicted molar refractivity (Wildman–Crippen MR) is 71.0 cm³/mol. The molecule has 0 bridgehead atoms. The molecular weight excluding hydrogens is 232 g/mol. The number of nitrogens with zero attached hydrogens (tertiary/aromatic N) is 4. The third kappa shape index (κ3) is 3.56. The van der Waals surface area contributed by atoms with Gasteiger partial charge in [-0.25, -0.2) is 10.8 Å². The number of hydrogen-bond acceptors (Lipinski definition) is 6. The summed E-state index contributed by atoms with van der Waals surface area (Å²) in [7, 11) is 1.80. The van der Waals surface area contributed by atoms with Crippen molar-refractivity contribution in [2.45, 2.75) is 13.8 Å². The zero-order valence-electron chi connectivity index (χ0n) is 11.1. The molecule has 0 fully saturated rings. The van der Waals surface area contributed by atoms with Crippen LogP contribution in [-0.2, 0) is 4.79 Å². The van der Waals surface area contributed by atoms with Gasteiger partial charge in [0, 0.05) is 20.1 Å². The van der Waals surface area contributed by atoms with Gasteiger partial charge in [0.05, 0.1) is 18.9 Å². The first-order valence-electron chi connectivity index (χ1n) is 5.89. The first kappa shape index (κ1) is 14.2. The van der Waals surface area contributed by atoms with Crippen molar-refractivity contribution in [3.05, 3.63) is 12.4 Å². The Hall–Kier alpha value is -1.89. The molecule has 0 aromatic carbocycles. The monoisotopic (exact) mass is 252 g/mol. The van der Waals surface area contributed by atoms with E-state index in [4.69, 9.17) is 5.84 Å². The number of hydrogen-bond donors (Lipinski definition) is 2. The van der Waals surface area contributed by atoms with Gasteiger partial charge in [-0.15, -0.1) is 0 Å². The van der Waals surface area contributed by atoms with Crippen LogP contribution in [0, 0.1) is 0 Å². The Morgan fingerprint density at radius 2 is 2.06 bits per heavy atom. The second-order valence-electron chi connectivity index (χ2n) is 3.83. The summed E-state index contributed by atoms with van der Waals surface area (Å²) in [6, 6.07) is 0. The van der Waals surface area contributed by atoms with Crippen LogP contribution in [0.1, 0.15) is 13.8 Å². The van der Waals surface area contributed by atoms with E-state index in [-0.39, 0.29) is 12.5 Å². The van der Waals surface area contributed by atoms with Crippen LogP contribution in [0.15, 0.2) is 12.4 Å². The number of nitrogen functional groups attached to an aromatic ring is 1. The number of aromatic nitrogens is 2. The highest BCUT2D eigenvalue weighted by Gasteiger charge is 2.13. The second-order valence-corrected chi connectivity index (χ2v) is 3.83. The number of carbonyl (C=O) groups is 1. The lowest BCUT2D eigenvalue weighted by Gasteiger charge is -2.23. The molecule has 7 nitrogen and oxygen atoms in total. The Morgan fingerprint density at radius 1 is 1.39 bits per heavy atom. The molecule has 0 atom stereocenters. The van der Waals surface area contributed by atoms with Crippen molar-refractivity contribution < 1.29 is 4.79 Å². The third-order valence-electron chi connectivity index (χ3n) is 2.65. The summed E-state index contributed by atoms with van der Waals surface area (Å²) < 4.78 is 0. The Morgan fingerprint density at radius 3 is 2.61 bits per heavy atom. The number of nitrogens with two attached hydrogens (primary N) is 1. The van der Waals surface area contributed by atoms with E-state index < -0.39 is 0 Å². The molecule has 0 saturated heterocycles. The van der Waals surface area contributed by atoms with Gasteiger partial charge in [-0.1, -0.05) is 0 Å². The molecule has 0 aliphatic heterocycles. The molecule has 7 heteroatoms. The summed E-state index contributed by atoms with van der Waals surface area (Å²) in [5.41, 5.74) is 2.43. The molecule has 18 heavy (non-hydrogen) atoms. The predicted octanol–water partition coefficient (Wildman–Crippen LogP) is 0.0668. The number of rotatable bonds is 6. The van der Waals surface area contributed by atoms with Gasteiger partial charge in [0.2, 0.25) is 5.91 Å². The third-order valence-corrected chi connectivity index (χ3v) is 2.65. The highest BCUT2D eigenvalue weighted by Crippen LogP contribution is 2.09. The Labute approximate surface area is 107 Å². The normalized spacial score (nSPS) is 10.0. The first-order chi connectivity index (χ1) is 8.62. The summed E-state index contributed by atoms with van der Waals surface area (Å²) in [4.78, 5) is 23.7. The lowest BCUT2D eigenvalue weighted by molar-refractivity contribution is -0.129. The van der Waals surface area contributed by atoms with Crippen molar-refractivity contribution >= 4 is 17.5 Å². The lowest BCUT2D eigenvalue weighted by atomic mass is 10.4. The summed E-state index contributed by atoms with van der Waals surface area (Å²) in [5.74, 6) is 6.40. The maximum Gasteiger partial charge on any atom is 0.242 e. The number of hydrazine groups is 1. The molecule has 1 aromatic heterocycles. The molecule has 0 aliphatic rings. The maximum absolute atomic E-state index is 11.9. The van der Waals surface area contributed by atoms with Crippen LogP contribution in [0.5, 0.6) is 0 Å². The van der Waals surface area contributed by atoms with Crippen LogP contribution in [0.2, 0.25) is 0 Å². The lowest BCUT2D eigenvalue weighted by Crippen LogP contribution is -2.39. The average molecular weight is 252 g/mol. The van der Waals surface area contributed by atoms with Gasteiger partial charge >= 0.3 is 0 Å². The molecule has 0 unspecified atom stereocenters. The Balaban J connectivity index is 2.69. The molecule has 0 saturated carbocycles. The van der Waals surface area contributed by atoms with Gasteiger partial charge in [0.1, 0.15) is 5.82 Å². The molecule has 1 rings (SSSR count). The largest absolute Gasteiger partial charge is 0.349 e. The van der Waals surface area contributed by atoms with Crippen molar-refractivity contribution in [1.29, 1.82) is 0 Å². The van der Waals surface area contributed by atoms with Crippen LogP contribution >= 0.6 is 0 Å². The first-order valence-corrected chi connectivity index (χ1v) is 5.89. The zero-order chi connectivity index (χ0) is 13.5. The summed E-state index contributed by atoms with van der Waals surface area (Å²) in [6.07, 6.45) is 3.11. The topological polar surface area (TPSA) is 87.4 Å². The molecule has 0 spiro atoms. The number of anilines is 2. The van der Waals surface area contributed by atoms with E-state index in [1.54, 1.807) is 23.0 Å². The highest BCUT2D eigenvalue weighted by atomic mass is 16.2. The standard InChI is InChI=1S/C11H20N6O/c1-4-17(5-2)11(18)8-16(3)10-7-13-6-9(14-10)15-12/h6-7H,4-5,8,12H2,1-3H3,(H,14,15). The van der Waals surface area contributed by atoms with E-state index in [0.717, 1.165) is 0 Å². The van der Waals surface area contributed by atoms with E-state index in [0.29, 0.717) is 24.7 Å². The number of amides is 1. The van der Waals surface area contributed by atoms with Crippen LogP contribution < -0.4 is 16.2 Å². The van der Waals surface area contributed by atoms with Gasteiger partial charge in [0.25, 0.3) is 0 Å². The highest BCUT2D eigenvalue weighted by molar-refractivity contribution is 5.81. The van der Waals surface area contributed by atoms with Crippen LogP contribution in [0.25, 0.3) is 0 Å². The number of nitrogens with one attached hydrogen (secondary N) is 1. The minimum atomic E-state index is 0.0652. The molecule has 0 aliphatic carbocycles. The summed E-state index contributed by atoms with van der Waals surface area (Å²) in [6.45, 7) is 5.60. The Kier molecular flexibility index (Phi) is 5.31. The fourth-order valence-electron chi connectivity index (χ4n) is 1.57. The van der Waals surface area contributed by atoms with Crippen molar-refractivity contribution in [3.8, 4) is 0 Å². The molecule has 1 heterocycles. The van der Waals surface area contributed by atoms with Gasteiger partial charge in [-0.3, -0.25) is 9.78 Å². The van der Waals surface area contributed by atoms with E-state index in [2.05, 4.69) is 15.4 Å². The Bertz CT molecular complexity index is 393. The van der Waals surface area contributed by atoms with Crippen molar-refractivity contribution in [2.75, 3.05) is 37.0 Å². The second kappa shape index (κ2) is 6.75. The summed E-state index contributed by atoms with van der Waals surface area (Å²) in [5, 5.41) is 0. The summed E-state index contributed by atoms with van der Waals surface area (Å²) >= 11 is 0. The molecule has 1 amide bonds. The van der Waals surface area contributed by atoms with Crippen molar-refractivity contribution in [1.82, 2.24) is 14.9 Å². The van der Waals surface area contributed by atoms with Crippen molar-refractivity contribution in [2.24, 2.45) is 5.84 Å². The van der Waals surface area contributed by atoms with Gasteiger partial charge < -0.3 is 15.2 Å². The van der Waals surface area contributed by atoms with Crippen LogP contribution in [0.4, 0.5) is 11.6 Å². The number of carbonyl (C=O) groups excluding carboxylic acids is 1. The molecule has 1 aromatic rings. The van der Waals surface area contributed by atoms with Crippen LogP contribution in [-0.4, -0.2) is 47.5 Å². The minimum Gasteiger partial charge on any atom is -0.349 e. The van der Waals surface area contributed by atoms with E-state index >= 15 is 0 Å². The molecular formula is C11H20N6O. The quantitative estimate of drug-likeness (QED) is 0.550. The molecule has 3 N–H and O–H groups in total.